The van der Waals surface area contributed by atoms with E-state index in [0.717, 1.165) is 25.7 Å². The van der Waals surface area contributed by atoms with Gasteiger partial charge in [0.15, 0.2) is 0 Å². The second-order valence-corrected chi connectivity index (χ2v) is 6.58. The molecule has 4 heteroatoms. The Labute approximate surface area is 111 Å². The number of rotatable bonds is 5. The molecule has 0 heterocycles. The van der Waals surface area contributed by atoms with Crippen molar-refractivity contribution < 1.29 is 4.79 Å². The van der Waals surface area contributed by atoms with Crippen LogP contribution in [0.2, 0.25) is 0 Å². The molecule has 0 atom stereocenters. The fraction of sp³-hybridized carbons (Fsp3) is 0.929. The summed E-state index contributed by atoms with van der Waals surface area (Å²) in [5.41, 5.74) is 6.00. The topological polar surface area (TPSA) is 58.4 Å². The van der Waals surface area contributed by atoms with E-state index in [0.29, 0.717) is 13.0 Å². The molecule has 18 heavy (non-hydrogen) atoms. The van der Waals surface area contributed by atoms with Crippen molar-refractivity contribution in [3.8, 4) is 0 Å². The van der Waals surface area contributed by atoms with E-state index in [1.807, 2.05) is 14.1 Å². The number of carbonyl (C=O) groups excluding carboxylic acids is 1. The van der Waals surface area contributed by atoms with Gasteiger partial charge in [0.25, 0.3) is 0 Å². The number of hydrogen-bond donors (Lipinski definition) is 2. The van der Waals surface area contributed by atoms with Crippen LogP contribution in [0.15, 0.2) is 0 Å². The minimum absolute atomic E-state index is 0.0238. The normalized spacial score (nSPS) is 19.9. The monoisotopic (exact) mass is 255 g/mol. The fourth-order valence-electron chi connectivity index (χ4n) is 2.29. The highest BCUT2D eigenvalue weighted by atomic mass is 16.1. The summed E-state index contributed by atoms with van der Waals surface area (Å²) in [6.07, 6.45) is 6.01. The van der Waals surface area contributed by atoms with Gasteiger partial charge >= 0.3 is 0 Å². The van der Waals surface area contributed by atoms with E-state index in [1.54, 1.807) is 0 Å². The van der Waals surface area contributed by atoms with Gasteiger partial charge in [-0.3, -0.25) is 4.79 Å². The lowest BCUT2D eigenvalue weighted by atomic mass is 9.80. The lowest BCUT2D eigenvalue weighted by Crippen LogP contribution is -2.51. The van der Waals surface area contributed by atoms with Crippen LogP contribution in [0.3, 0.4) is 0 Å². The van der Waals surface area contributed by atoms with Gasteiger partial charge in [-0.1, -0.05) is 19.3 Å². The Kier molecular flexibility index (Phi) is 5.17. The molecule has 0 spiro atoms. The number of nitrogens with two attached hydrogens (primary N) is 1. The molecule has 1 rings (SSSR count). The van der Waals surface area contributed by atoms with Gasteiger partial charge in [0, 0.05) is 24.0 Å². The van der Waals surface area contributed by atoms with Gasteiger partial charge in [0.2, 0.25) is 5.91 Å². The summed E-state index contributed by atoms with van der Waals surface area (Å²) in [5, 5.41) is 3.02. The van der Waals surface area contributed by atoms with Crippen LogP contribution < -0.4 is 11.1 Å². The number of nitrogens with zero attached hydrogens (tertiary/aromatic N) is 1. The number of hydrogen-bond acceptors (Lipinski definition) is 3. The molecule has 1 aliphatic carbocycles. The second kappa shape index (κ2) is 6.02. The Morgan fingerprint density at radius 1 is 1.28 bits per heavy atom. The molecule has 0 aromatic heterocycles. The second-order valence-electron chi connectivity index (χ2n) is 6.58. The quantitative estimate of drug-likeness (QED) is 0.782. The number of amides is 1. The summed E-state index contributed by atoms with van der Waals surface area (Å²) in [5.74, 6) is 0.0920. The molecular weight excluding hydrogens is 226 g/mol. The maximum atomic E-state index is 12.0. The van der Waals surface area contributed by atoms with Crippen molar-refractivity contribution in [1.82, 2.24) is 10.2 Å². The maximum absolute atomic E-state index is 12.0. The zero-order chi connectivity index (χ0) is 13.8. The molecular formula is C14H29N3O. The van der Waals surface area contributed by atoms with E-state index in [1.165, 1.54) is 6.42 Å². The first-order valence-electron chi connectivity index (χ1n) is 6.98. The molecule has 0 bridgehead atoms. The van der Waals surface area contributed by atoms with Crippen LogP contribution in [0.5, 0.6) is 0 Å². The average Bonchev–Trinajstić information content (AvgIpc) is 2.26. The molecule has 3 N–H and O–H groups in total. The Bertz CT molecular complexity index is 281. The average molecular weight is 255 g/mol. The van der Waals surface area contributed by atoms with Crippen LogP contribution in [0.4, 0.5) is 0 Å². The molecule has 0 saturated heterocycles. The lowest BCUT2D eigenvalue weighted by molar-refractivity contribution is -0.123. The van der Waals surface area contributed by atoms with Gasteiger partial charge in [-0.05, 0) is 40.8 Å². The van der Waals surface area contributed by atoms with E-state index in [2.05, 4.69) is 24.1 Å². The van der Waals surface area contributed by atoms with Crippen molar-refractivity contribution in [2.75, 3.05) is 20.6 Å². The molecule has 4 nitrogen and oxygen atoms in total. The molecule has 0 unspecified atom stereocenters. The summed E-state index contributed by atoms with van der Waals surface area (Å²) in [7, 11) is 4.05. The fourth-order valence-corrected chi connectivity index (χ4v) is 2.29. The van der Waals surface area contributed by atoms with Crippen LogP contribution in [-0.4, -0.2) is 42.5 Å². The van der Waals surface area contributed by atoms with E-state index in [9.17, 15) is 4.79 Å². The Morgan fingerprint density at radius 3 is 2.33 bits per heavy atom. The smallest absolute Gasteiger partial charge is 0.221 e. The number of nitrogens with one attached hydrogen (secondary N) is 1. The Hall–Kier alpha value is -0.610. The summed E-state index contributed by atoms with van der Waals surface area (Å²) < 4.78 is 0. The highest BCUT2D eigenvalue weighted by Crippen LogP contribution is 2.28. The van der Waals surface area contributed by atoms with Crippen LogP contribution in [-0.2, 0) is 4.79 Å². The van der Waals surface area contributed by atoms with E-state index < -0.39 is 0 Å². The summed E-state index contributed by atoms with van der Waals surface area (Å²) in [4.78, 5) is 14.1. The molecule has 1 fully saturated rings. The summed E-state index contributed by atoms with van der Waals surface area (Å²) >= 11 is 0. The van der Waals surface area contributed by atoms with E-state index in [-0.39, 0.29) is 17.0 Å². The third kappa shape index (κ3) is 4.58. The maximum Gasteiger partial charge on any atom is 0.221 e. The Balaban J connectivity index is 2.37. The molecule has 1 saturated carbocycles. The van der Waals surface area contributed by atoms with Crippen molar-refractivity contribution in [3.63, 3.8) is 0 Å². The molecule has 0 aliphatic heterocycles. The minimum Gasteiger partial charge on any atom is -0.354 e. The zero-order valence-electron chi connectivity index (χ0n) is 12.4. The molecule has 0 radical (unpaired) electrons. The van der Waals surface area contributed by atoms with Crippen LogP contribution >= 0.6 is 0 Å². The van der Waals surface area contributed by atoms with Crippen molar-refractivity contribution in [2.24, 2.45) is 5.73 Å². The molecule has 106 valence electrons. The van der Waals surface area contributed by atoms with Gasteiger partial charge in [0.1, 0.15) is 0 Å². The van der Waals surface area contributed by atoms with Crippen molar-refractivity contribution >= 4 is 5.91 Å². The number of likely N-dealkylation sites (N-methyl/N-ethyl adjacent to an activating group) is 1. The summed E-state index contributed by atoms with van der Waals surface area (Å²) in [6.45, 7) is 4.90. The largest absolute Gasteiger partial charge is 0.354 e. The first-order chi connectivity index (χ1) is 8.25. The van der Waals surface area contributed by atoms with Crippen molar-refractivity contribution in [3.05, 3.63) is 0 Å². The molecule has 0 aromatic carbocycles. The number of carbonyl (C=O) groups is 1. The third-order valence-corrected chi connectivity index (χ3v) is 4.29. The van der Waals surface area contributed by atoms with Crippen molar-refractivity contribution in [2.45, 2.75) is 63.5 Å². The van der Waals surface area contributed by atoms with Gasteiger partial charge < -0.3 is 16.0 Å². The highest BCUT2D eigenvalue weighted by Gasteiger charge is 2.30. The zero-order valence-corrected chi connectivity index (χ0v) is 12.4. The van der Waals surface area contributed by atoms with Gasteiger partial charge in [-0.15, -0.1) is 0 Å². The Morgan fingerprint density at radius 2 is 1.83 bits per heavy atom. The third-order valence-electron chi connectivity index (χ3n) is 4.29. The molecule has 1 amide bonds. The first kappa shape index (κ1) is 15.4. The van der Waals surface area contributed by atoms with Crippen LogP contribution in [0.25, 0.3) is 0 Å². The standard InChI is InChI=1S/C14H29N3O/c1-13(2,17(3)4)11-16-12(18)10-14(15)8-6-5-7-9-14/h5-11,15H2,1-4H3,(H,16,18). The highest BCUT2D eigenvalue weighted by molar-refractivity contribution is 5.77. The first-order valence-corrected chi connectivity index (χ1v) is 6.98. The van der Waals surface area contributed by atoms with Gasteiger partial charge in [-0.25, -0.2) is 0 Å². The van der Waals surface area contributed by atoms with Crippen LogP contribution in [0, 0.1) is 0 Å². The molecule has 0 aromatic rings. The summed E-state index contributed by atoms with van der Waals surface area (Å²) in [6, 6.07) is 0. The van der Waals surface area contributed by atoms with E-state index >= 15 is 0 Å². The lowest BCUT2D eigenvalue weighted by Gasteiger charge is -2.35. The minimum atomic E-state index is -0.259. The van der Waals surface area contributed by atoms with Crippen LogP contribution in [0.1, 0.15) is 52.4 Å². The van der Waals surface area contributed by atoms with Crippen molar-refractivity contribution in [1.29, 1.82) is 0 Å². The SMILES string of the molecule is CN(C)C(C)(C)CNC(=O)CC1(N)CCCCC1. The van der Waals surface area contributed by atoms with Gasteiger partial charge in [-0.2, -0.15) is 0 Å². The predicted molar refractivity (Wildman–Crippen MR) is 75.4 cm³/mol. The van der Waals surface area contributed by atoms with E-state index in [4.69, 9.17) is 5.73 Å². The predicted octanol–water partition coefficient (Wildman–Crippen LogP) is 1.49. The van der Waals surface area contributed by atoms with Gasteiger partial charge in [0.05, 0.1) is 0 Å². The molecule has 1 aliphatic rings.